The zero-order chi connectivity index (χ0) is 22.3. The monoisotopic (exact) mass is 436 g/mol. The zero-order valence-corrected chi connectivity index (χ0v) is 17.9. The molecule has 0 bridgehead atoms. The van der Waals surface area contributed by atoms with Gasteiger partial charge in [-0.2, -0.15) is 0 Å². The van der Waals surface area contributed by atoms with Gasteiger partial charge in [-0.05, 0) is 37.3 Å². The van der Waals surface area contributed by atoms with Crippen LogP contribution < -0.4 is 19.5 Å². The van der Waals surface area contributed by atoms with Gasteiger partial charge in [-0.1, -0.05) is 12.1 Å². The van der Waals surface area contributed by atoms with Crippen LogP contribution in [0.1, 0.15) is 28.9 Å². The number of hydrogen-bond donors (Lipinski definition) is 2. The maximum Gasteiger partial charge on any atom is 0.340 e. The Bertz CT molecular complexity index is 1020. The summed E-state index contributed by atoms with van der Waals surface area (Å²) in [4.78, 5) is 24.6. The molecule has 0 aliphatic heterocycles. The van der Waals surface area contributed by atoms with Crippen molar-refractivity contribution in [3.63, 3.8) is 0 Å². The number of benzene rings is 2. The zero-order valence-electron chi connectivity index (χ0n) is 17.1. The molecular formula is C20H24N2O7S. The summed E-state index contributed by atoms with van der Waals surface area (Å²) in [5.41, 5.74) is 0.761. The summed E-state index contributed by atoms with van der Waals surface area (Å²) in [6.45, 7) is 1.21. The van der Waals surface area contributed by atoms with E-state index < -0.39 is 34.5 Å². The van der Waals surface area contributed by atoms with Gasteiger partial charge in [-0.25, -0.2) is 13.2 Å². The molecule has 0 radical (unpaired) electrons. The Morgan fingerprint density at radius 3 is 2.40 bits per heavy atom. The van der Waals surface area contributed by atoms with Crippen LogP contribution in [0.4, 0.5) is 5.69 Å². The second-order valence-corrected chi connectivity index (χ2v) is 8.14. The van der Waals surface area contributed by atoms with Crippen molar-refractivity contribution in [3.8, 4) is 11.5 Å². The molecule has 0 fully saturated rings. The van der Waals surface area contributed by atoms with Crippen molar-refractivity contribution in [1.29, 1.82) is 0 Å². The van der Waals surface area contributed by atoms with Gasteiger partial charge in [0.15, 0.2) is 6.61 Å². The Balaban J connectivity index is 2.03. The van der Waals surface area contributed by atoms with Gasteiger partial charge >= 0.3 is 5.97 Å². The number of esters is 1. The molecule has 10 heteroatoms. The van der Waals surface area contributed by atoms with Gasteiger partial charge < -0.3 is 19.5 Å². The maximum absolute atomic E-state index is 12.3. The molecule has 0 aliphatic carbocycles. The molecule has 162 valence electrons. The highest BCUT2D eigenvalue weighted by Gasteiger charge is 2.19. The van der Waals surface area contributed by atoms with Crippen LogP contribution in [0.5, 0.6) is 11.5 Å². The van der Waals surface area contributed by atoms with Gasteiger partial charge in [0.2, 0.25) is 10.0 Å². The van der Waals surface area contributed by atoms with Crippen molar-refractivity contribution in [3.05, 3.63) is 53.6 Å². The third-order valence-corrected chi connectivity index (χ3v) is 4.65. The predicted molar refractivity (Wildman–Crippen MR) is 111 cm³/mol. The topological polar surface area (TPSA) is 120 Å². The van der Waals surface area contributed by atoms with Crippen LogP contribution >= 0.6 is 0 Å². The van der Waals surface area contributed by atoms with E-state index in [0.29, 0.717) is 17.1 Å². The SMILES string of the molecule is COc1ccc(OC)c([C@H](C)NC(=O)COC(=O)c2ccccc2NS(C)(=O)=O)c1. The molecule has 1 amide bonds. The smallest absolute Gasteiger partial charge is 0.340 e. The summed E-state index contributed by atoms with van der Waals surface area (Å²) in [5, 5.41) is 2.72. The van der Waals surface area contributed by atoms with E-state index in [9.17, 15) is 18.0 Å². The molecule has 1 atom stereocenters. The third-order valence-electron chi connectivity index (χ3n) is 4.06. The third kappa shape index (κ3) is 6.38. The van der Waals surface area contributed by atoms with Crippen molar-refractivity contribution < 1.29 is 32.2 Å². The van der Waals surface area contributed by atoms with Crippen molar-refractivity contribution in [2.75, 3.05) is 31.8 Å². The fraction of sp³-hybridized carbons (Fsp3) is 0.300. The van der Waals surface area contributed by atoms with Gasteiger partial charge in [0, 0.05) is 5.56 Å². The molecule has 0 unspecified atom stereocenters. The first-order valence-electron chi connectivity index (χ1n) is 8.90. The number of anilines is 1. The largest absolute Gasteiger partial charge is 0.497 e. The second-order valence-electron chi connectivity index (χ2n) is 6.39. The van der Waals surface area contributed by atoms with Gasteiger partial charge in [0.05, 0.1) is 37.8 Å². The molecule has 2 N–H and O–H groups in total. The highest BCUT2D eigenvalue weighted by molar-refractivity contribution is 7.92. The fourth-order valence-corrected chi connectivity index (χ4v) is 3.27. The number of carbonyl (C=O) groups excluding carboxylic acids is 2. The van der Waals surface area contributed by atoms with Gasteiger partial charge in [0.25, 0.3) is 5.91 Å². The summed E-state index contributed by atoms with van der Waals surface area (Å²) in [6, 6.07) is 10.7. The van der Waals surface area contributed by atoms with E-state index >= 15 is 0 Å². The number of carbonyl (C=O) groups is 2. The van der Waals surface area contributed by atoms with Crippen LogP contribution in [0.25, 0.3) is 0 Å². The molecular weight excluding hydrogens is 412 g/mol. The van der Waals surface area contributed by atoms with Gasteiger partial charge in [0.1, 0.15) is 11.5 Å². The average molecular weight is 436 g/mol. The summed E-state index contributed by atoms with van der Waals surface area (Å²) in [5.74, 6) is -0.188. The minimum absolute atomic E-state index is 0.00163. The lowest BCUT2D eigenvalue weighted by molar-refractivity contribution is -0.124. The van der Waals surface area contributed by atoms with Crippen LogP contribution in [0.2, 0.25) is 0 Å². The molecule has 0 heterocycles. The van der Waals surface area contributed by atoms with E-state index in [1.807, 2.05) is 0 Å². The predicted octanol–water partition coefficient (Wildman–Crippen LogP) is 2.11. The van der Waals surface area contributed by atoms with Gasteiger partial charge in [-0.3, -0.25) is 9.52 Å². The van der Waals surface area contributed by atoms with Crippen molar-refractivity contribution in [2.45, 2.75) is 13.0 Å². The highest BCUT2D eigenvalue weighted by atomic mass is 32.2. The minimum Gasteiger partial charge on any atom is -0.497 e. The number of sulfonamides is 1. The van der Waals surface area contributed by atoms with Crippen molar-refractivity contribution >= 4 is 27.6 Å². The van der Waals surface area contributed by atoms with E-state index in [0.717, 1.165) is 6.26 Å². The Kier molecular flexibility index (Phi) is 7.65. The molecule has 2 aromatic rings. The molecule has 30 heavy (non-hydrogen) atoms. The van der Waals surface area contributed by atoms with Crippen molar-refractivity contribution in [1.82, 2.24) is 5.32 Å². The van der Waals surface area contributed by atoms with E-state index in [1.54, 1.807) is 37.3 Å². The highest BCUT2D eigenvalue weighted by Crippen LogP contribution is 2.29. The standard InChI is InChI=1S/C20H24N2O7S/c1-13(16-11-14(27-2)9-10-18(16)28-3)21-19(23)12-29-20(24)15-7-5-6-8-17(15)22-30(4,25)26/h5-11,13,22H,12H2,1-4H3,(H,21,23)/t13-/m0/s1. The van der Waals surface area contributed by atoms with Crippen LogP contribution in [0.3, 0.4) is 0 Å². The Hall–Kier alpha value is -3.27. The Morgan fingerprint density at radius 1 is 1.07 bits per heavy atom. The number of amides is 1. The van der Waals surface area contributed by atoms with Crippen LogP contribution in [-0.4, -0.2) is 47.4 Å². The minimum atomic E-state index is -3.58. The fourth-order valence-electron chi connectivity index (χ4n) is 2.70. The summed E-state index contributed by atoms with van der Waals surface area (Å²) < 4.78 is 40.7. The summed E-state index contributed by atoms with van der Waals surface area (Å²) in [7, 11) is -0.533. The molecule has 9 nitrogen and oxygen atoms in total. The first kappa shape index (κ1) is 23.0. The van der Waals surface area contributed by atoms with Crippen molar-refractivity contribution in [2.24, 2.45) is 0 Å². The maximum atomic E-state index is 12.3. The molecule has 0 spiro atoms. The molecule has 0 aliphatic rings. The normalized spacial score (nSPS) is 11.9. The first-order valence-corrected chi connectivity index (χ1v) is 10.8. The number of nitrogens with one attached hydrogen (secondary N) is 2. The van der Waals surface area contributed by atoms with Crippen LogP contribution in [-0.2, 0) is 19.6 Å². The first-order chi connectivity index (χ1) is 14.1. The lowest BCUT2D eigenvalue weighted by Gasteiger charge is -2.18. The molecule has 0 saturated heterocycles. The summed E-state index contributed by atoms with van der Waals surface area (Å²) >= 11 is 0. The van der Waals surface area contributed by atoms with E-state index in [4.69, 9.17) is 14.2 Å². The molecule has 2 aromatic carbocycles. The molecule has 0 aromatic heterocycles. The van der Waals surface area contributed by atoms with Crippen LogP contribution in [0.15, 0.2) is 42.5 Å². The quantitative estimate of drug-likeness (QED) is 0.578. The lowest BCUT2D eigenvalue weighted by Crippen LogP contribution is -2.31. The number of rotatable bonds is 9. The number of ether oxygens (including phenoxy) is 3. The number of methoxy groups -OCH3 is 2. The second kappa shape index (κ2) is 9.97. The summed E-state index contributed by atoms with van der Waals surface area (Å²) in [6.07, 6.45) is 0.969. The van der Waals surface area contributed by atoms with E-state index in [-0.39, 0.29) is 11.3 Å². The average Bonchev–Trinajstić information content (AvgIpc) is 2.70. The lowest BCUT2D eigenvalue weighted by atomic mass is 10.1. The van der Waals surface area contributed by atoms with E-state index in [1.165, 1.54) is 26.4 Å². The van der Waals surface area contributed by atoms with Gasteiger partial charge in [-0.15, -0.1) is 0 Å². The Labute approximate surface area is 175 Å². The number of para-hydroxylation sites is 1. The van der Waals surface area contributed by atoms with E-state index in [2.05, 4.69) is 10.0 Å². The molecule has 2 rings (SSSR count). The van der Waals surface area contributed by atoms with Crippen LogP contribution in [0, 0.1) is 0 Å². The number of hydrogen-bond acceptors (Lipinski definition) is 7. The Morgan fingerprint density at radius 2 is 1.77 bits per heavy atom. The molecule has 0 saturated carbocycles.